The predicted octanol–water partition coefficient (Wildman–Crippen LogP) is 3.14. The van der Waals surface area contributed by atoms with E-state index in [4.69, 9.17) is 13.9 Å². The number of piperazine rings is 1. The number of morpholine rings is 1. The van der Waals surface area contributed by atoms with Crippen LogP contribution in [0.5, 0.6) is 0 Å². The molecule has 1 aromatic heterocycles. The summed E-state index contributed by atoms with van der Waals surface area (Å²) in [5.41, 5.74) is 4.47. The van der Waals surface area contributed by atoms with E-state index in [0.29, 0.717) is 31.7 Å². The third-order valence-corrected chi connectivity index (χ3v) is 6.24. The molecular formula is C24H36N6O4. The van der Waals surface area contributed by atoms with Crippen LogP contribution in [0.4, 0.5) is 16.5 Å². The minimum atomic E-state index is -0.228. The Hall–Kier alpha value is -2.69. The second-order valence-corrected chi connectivity index (χ2v) is 9.46. The molecule has 2 aliphatic heterocycles. The smallest absolute Gasteiger partial charge is 0.410 e. The maximum atomic E-state index is 12.3. The minimum Gasteiger partial charge on any atom is -0.447 e. The van der Waals surface area contributed by atoms with Crippen molar-refractivity contribution in [3.05, 3.63) is 34.7 Å². The lowest BCUT2D eigenvalue weighted by molar-refractivity contribution is 0.0349. The van der Waals surface area contributed by atoms with E-state index in [1.807, 2.05) is 18.7 Å². The Morgan fingerprint density at radius 2 is 2.12 bits per heavy atom. The molecule has 1 aromatic carbocycles. The van der Waals surface area contributed by atoms with E-state index >= 15 is 0 Å². The number of hydrogen-bond donors (Lipinski definition) is 2. The third kappa shape index (κ3) is 5.86. The predicted molar refractivity (Wildman–Crippen MR) is 128 cm³/mol. The molecule has 0 spiro atoms. The highest BCUT2D eigenvalue weighted by molar-refractivity contribution is 5.68. The SMILES string of the molecule is Cc1cc(CN2CCN(C(=O)OC(C)C)[C@@H](C)C2)c(C)c(Nc2nnc([C@@H]3COCCN3)o2)c1. The molecule has 0 aliphatic carbocycles. The van der Waals surface area contributed by atoms with Gasteiger partial charge in [0.1, 0.15) is 6.04 Å². The highest BCUT2D eigenvalue weighted by Crippen LogP contribution is 2.27. The van der Waals surface area contributed by atoms with Gasteiger partial charge in [-0.25, -0.2) is 4.79 Å². The number of rotatable bonds is 6. The van der Waals surface area contributed by atoms with Crippen LogP contribution in [0.1, 0.15) is 49.4 Å². The molecule has 0 unspecified atom stereocenters. The number of hydrogen-bond acceptors (Lipinski definition) is 9. The summed E-state index contributed by atoms with van der Waals surface area (Å²) in [6, 6.07) is 4.69. The summed E-state index contributed by atoms with van der Waals surface area (Å²) in [6.45, 7) is 15.1. The maximum Gasteiger partial charge on any atom is 0.410 e. The van der Waals surface area contributed by atoms with Crippen molar-refractivity contribution in [1.82, 2.24) is 25.3 Å². The van der Waals surface area contributed by atoms with Gasteiger partial charge >= 0.3 is 12.1 Å². The molecule has 2 N–H and O–H groups in total. The molecule has 186 valence electrons. The Morgan fingerprint density at radius 1 is 1.29 bits per heavy atom. The Morgan fingerprint density at radius 3 is 2.82 bits per heavy atom. The van der Waals surface area contributed by atoms with E-state index in [-0.39, 0.29) is 24.3 Å². The average Bonchev–Trinajstić information content (AvgIpc) is 3.25. The number of ether oxygens (including phenoxy) is 2. The van der Waals surface area contributed by atoms with Crippen LogP contribution in [0.15, 0.2) is 16.5 Å². The quantitative estimate of drug-likeness (QED) is 0.656. The van der Waals surface area contributed by atoms with Gasteiger partial charge in [0.2, 0.25) is 5.89 Å². The number of amides is 1. The molecule has 10 heteroatoms. The molecule has 2 aliphatic rings. The van der Waals surface area contributed by atoms with E-state index < -0.39 is 0 Å². The monoisotopic (exact) mass is 472 g/mol. The summed E-state index contributed by atoms with van der Waals surface area (Å²) >= 11 is 0. The molecule has 4 rings (SSSR count). The number of nitrogens with zero attached hydrogens (tertiary/aromatic N) is 4. The zero-order chi connectivity index (χ0) is 24.2. The summed E-state index contributed by atoms with van der Waals surface area (Å²) in [7, 11) is 0. The summed E-state index contributed by atoms with van der Waals surface area (Å²) in [5.74, 6) is 0.524. The molecule has 2 fully saturated rings. The summed E-state index contributed by atoms with van der Waals surface area (Å²) in [4.78, 5) is 16.6. The van der Waals surface area contributed by atoms with Crippen LogP contribution >= 0.6 is 0 Å². The zero-order valence-electron chi connectivity index (χ0n) is 20.8. The fraction of sp³-hybridized carbons (Fsp3) is 0.625. The fourth-order valence-electron chi connectivity index (χ4n) is 4.45. The van der Waals surface area contributed by atoms with Crippen LogP contribution in [0.3, 0.4) is 0 Å². The third-order valence-electron chi connectivity index (χ3n) is 6.24. The molecule has 0 bridgehead atoms. The van der Waals surface area contributed by atoms with E-state index in [1.54, 1.807) is 0 Å². The molecule has 2 saturated heterocycles. The van der Waals surface area contributed by atoms with Gasteiger partial charge in [-0.1, -0.05) is 11.2 Å². The van der Waals surface area contributed by atoms with Crippen molar-refractivity contribution < 1.29 is 18.7 Å². The van der Waals surface area contributed by atoms with Crippen LogP contribution in [0, 0.1) is 13.8 Å². The lowest BCUT2D eigenvalue weighted by Crippen LogP contribution is -2.54. The van der Waals surface area contributed by atoms with Crippen molar-refractivity contribution in [2.75, 3.05) is 44.7 Å². The van der Waals surface area contributed by atoms with Gasteiger partial charge in [-0.2, -0.15) is 0 Å². The Bertz CT molecular complexity index is 988. The van der Waals surface area contributed by atoms with Gasteiger partial charge in [0, 0.05) is 44.5 Å². The van der Waals surface area contributed by atoms with Crippen LogP contribution in [-0.2, 0) is 16.0 Å². The molecule has 10 nitrogen and oxygen atoms in total. The summed E-state index contributed by atoms with van der Waals surface area (Å²) in [6.07, 6.45) is -0.338. The van der Waals surface area contributed by atoms with E-state index in [1.165, 1.54) is 5.56 Å². The van der Waals surface area contributed by atoms with Gasteiger partial charge in [0.05, 0.1) is 19.3 Å². The molecule has 2 aromatic rings. The normalized spacial score (nSPS) is 21.6. The first-order valence-electron chi connectivity index (χ1n) is 12.0. The van der Waals surface area contributed by atoms with E-state index in [0.717, 1.165) is 43.0 Å². The summed E-state index contributed by atoms with van der Waals surface area (Å²) in [5, 5.41) is 15.0. The highest BCUT2D eigenvalue weighted by Gasteiger charge is 2.29. The number of anilines is 2. The van der Waals surface area contributed by atoms with Crippen molar-refractivity contribution in [2.45, 2.75) is 59.4 Å². The molecule has 1 amide bonds. The number of nitrogens with one attached hydrogen (secondary N) is 2. The first-order chi connectivity index (χ1) is 16.3. The molecule has 34 heavy (non-hydrogen) atoms. The van der Waals surface area contributed by atoms with Gasteiger partial charge in [0.15, 0.2) is 0 Å². The van der Waals surface area contributed by atoms with Gasteiger partial charge < -0.3 is 29.4 Å². The molecule has 3 heterocycles. The molecule has 0 saturated carbocycles. The van der Waals surface area contributed by atoms with Gasteiger partial charge in [-0.05, 0) is 57.4 Å². The average molecular weight is 473 g/mol. The van der Waals surface area contributed by atoms with Crippen LogP contribution < -0.4 is 10.6 Å². The largest absolute Gasteiger partial charge is 0.447 e. The van der Waals surface area contributed by atoms with Crippen LogP contribution in [0.25, 0.3) is 0 Å². The number of carbonyl (C=O) groups is 1. The number of aromatic nitrogens is 2. The molecule has 0 radical (unpaired) electrons. The van der Waals surface area contributed by atoms with Crippen molar-refractivity contribution in [1.29, 1.82) is 0 Å². The van der Waals surface area contributed by atoms with Crippen molar-refractivity contribution in [3.8, 4) is 0 Å². The number of benzene rings is 1. The first kappa shape index (κ1) is 24.4. The van der Waals surface area contributed by atoms with Crippen molar-refractivity contribution >= 4 is 17.8 Å². The highest BCUT2D eigenvalue weighted by atomic mass is 16.6. The van der Waals surface area contributed by atoms with Crippen molar-refractivity contribution in [3.63, 3.8) is 0 Å². The minimum absolute atomic E-state index is 0.0792. The Balaban J connectivity index is 1.41. The Labute approximate surface area is 201 Å². The van der Waals surface area contributed by atoms with E-state index in [9.17, 15) is 4.79 Å². The van der Waals surface area contributed by atoms with Gasteiger partial charge in [-0.3, -0.25) is 4.90 Å². The first-order valence-corrected chi connectivity index (χ1v) is 12.0. The maximum absolute atomic E-state index is 12.3. The zero-order valence-corrected chi connectivity index (χ0v) is 20.8. The topological polar surface area (TPSA) is 105 Å². The summed E-state index contributed by atoms with van der Waals surface area (Å²) < 4.78 is 16.7. The molecule has 2 atom stereocenters. The van der Waals surface area contributed by atoms with Gasteiger partial charge in [-0.15, -0.1) is 5.10 Å². The van der Waals surface area contributed by atoms with Crippen LogP contribution in [-0.4, -0.2) is 77.6 Å². The lowest BCUT2D eigenvalue weighted by atomic mass is 10.0. The number of aryl methyl sites for hydroxylation is 1. The Kier molecular flexibility index (Phi) is 7.70. The fourth-order valence-corrected chi connectivity index (χ4v) is 4.45. The number of carbonyl (C=O) groups excluding carboxylic acids is 1. The van der Waals surface area contributed by atoms with Crippen molar-refractivity contribution in [2.24, 2.45) is 0 Å². The van der Waals surface area contributed by atoms with Gasteiger partial charge in [0.25, 0.3) is 0 Å². The second-order valence-electron chi connectivity index (χ2n) is 9.46. The standard InChI is InChI=1S/C24H36N6O4/c1-15(2)33-24(31)30-8-7-29(12-17(30)4)13-19-10-16(3)11-20(18(19)5)26-23-28-27-22(34-23)21-14-32-9-6-25-21/h10-11,15,17,21,25H,6-9,12-14H2,1-5H3,(H,26,28)/t17-,21-/m0/s1. The van der Waals surface area contributed by atoms with Crippen LogP contribution in [0.2, 0.25) is 0 Å². The lowest BCUT2D eigenvalue weighted by Gasteiger charge is -2.39. The molecular weight excluding hydrogens is 436 g/mol. The van der Waals surface area contributed by atoms with E-state index in [2.05, 4.69) is 58.6 Å². The second kappa shape index (κ2) is 10.7.